The van der Waals surface area contributed by atoms with Crippen molar-refractivity contribution in [3.8, 4) is 11.5 Å². The maximum absolute atomic E-state index is 12.8. The molecular weight excluding hydrogens is 458 g/mol. The number of piperazine rings is 1. The zero-order valence-electron chi connectivity index (χ0n) is 21.7. The number of likely N-dealkylation sites (N-methyl/N-ethyl adjacent to an activating group) is 1. The van der Waals surface area contributed by atoms with E-state index in [9.17, 15) is 9.59 Å². The van der Waals surface area contributed by atoms with Crippen LogP contribution >= 0.6 is 0 Å². The number of fused-ring (bicyclic) bond motifs is 1. The van der Waals surface area contributed by atoms with Gasteiger partial charge in [-0.05, 0) is 49.2 Å². The molecule has 0 spiro atoms. The third-order valence-corrected chi connectivity index (χ3v) is 7.14. The molecule has 194 valence electrons. The number of nitrogens with one attached hydrogen (secondary N) is 2. The SMILES string of the molecule is COc1ccc(NC(=O)C(=O)NC[C@@H](c2ccc3c(c2)CCCN3C)N2CCN(C)CC2)c(OC)c1. The highest BCUT2D eigenvalue weighted by atomic mass is 16.5. The molecule has 2 amide bonds. The number of amides is 2. The predicted octanol–water partition coefficient (Wildman–Crippen LogP) is 2.13. The lowest BCUT2D eigenvalue weighted by atomic mass is 9.95. The molecule has 4 rings (SSSR count). The van der Waals surface area contributed by atoms with Gasteiger partial charge in [0.2, 0.25) is 0 Å². The first kappa shape index (κ1) is 25.8. The summed E-state index contributed by atoms with van der Waals surface area (Å²) in [5.41, 5.74) is 4.20. The first-order chi connectivity index (χ1) is 17.4. The normalized spacial score (nSPS) is 17.2. The van der Waals surface area contributed by atoms with Gasteiger partial charge < -0.3 is 29.9 Å². The van der Waals surface area contributed by atoms with Crippen LogP contribution in [0.2, 0.25) is 0 Å². The van der Waals surface area contributed by atoms with E-state index in [1.165, 1.54) is 23.9 Å². The number of ether oxygens (including phenoxy) is 2. The van der Waals surface area contributed by atoms with Crippen LogP contribution in [0.25, 0.3) is 0 Å². The predicted molar refractivity (Wildman–Crippen MR) is 141 cm³/mol. The van der Waals surface area contributed by atoms with Crippen molar-refractivity contribution < 1.29 is 19.1 Å². The smallest absolute Gasteiger partial charge is 0.313 e. The van der Waals surface area contributed by atoms with Crippen LogP contribution in [0, 0.1) is 0 Å². The number of rotatable bonds is 7. The summed E-state index contributed by atoms with van der Waals surface area (Å²) >= 11 is 0. The Morgan fingerprint density at radius 1 is 0.944 bits per heavy atom. The summed E-state index contributed by atoms with van der Waals surface area (Å²) in [6, 6.07) is 11.6. The Hall–Kier alpha value is -3.30. The van der Waals surface area contributed by atoms with Crippen LogP contribution < -0.4 is 25.0 Å². The molecule has 36 heavy (non-hydrogen) atoms. The van der Waals surface area contributed by atoms with Crippen molar-refractivity contribution in [1.82, 2.24) is 15.1 Å². The Morgan fingerprint density at radius 2 is 1.72 bits per heavy atom. The summed E-state index contributed by atoms with van der Waals surface area (Å²) in [6.07, 6.45) is 2.19. The van der Waals surface area contributed by atoms with Crippen LogP contribution in [-0.4, -0.2) is 89.2 Å². The molecule has 1 atom stereocenters. The lowest BCUT2D eigenvalue weighted by Crippen LogP contribution is -2.49. The maximum atomic E-state index is 12.8. The van der Waals surface area contributed by atoms with Gasteiger partial charge in [-0.25, -0.2) is 0 Å². The molecule has 2 N–H and O–H groups in total. The maximum Gasteiger partial charge on any atom is 0.313 e. The second-order valence-electron chi connectivity index (χ2n) is 9.50. The summed E-state index contributed by atoms with van der Waals surface area (Å²) in [6.45, 7) is 5.17. The molecule has 1 fully saturated rings. The van der Waals surface area contributed by atoms with Crippen molar-refractivity contribution in [1.29, 1.82) is 0 Å². The van der Waals surface area contributed by atoms with Gasteiger partial charge in [-0.2, -0.15) is 0 Å². The Balaban J connectivity index is 1.47. The van der Waals surface area contributed by atoms with E-state index in [4.69, 9.17) is 9.47 Å². The number of aryl methyl sites for hydroxylation is 1. The summed E-state index contributed by atoms with van der Waals surface area (Å²) < 4.78 is 10.5. The molecule has 2 aliphatic heterocycles. The van der Waals surface area contributed by atoms with E-state index >= 15 is 0 Å². The molecule has 0 unspecified atom stereocenters. The first-order valence-corrected chi connectivity index (χ1v) is 12.5. The van der Waals surface area contributed by atoms with Gasteiger partial charge in [-0.15, -0.1) is 0 Å². The Labute approximate surface area is 213 Å². The van der Waals surface area contributed by atoms with Crippen molar-refractivity contribution in [2.45, 2.75) is 18.9 Å². The monoisotopic (exact) mass is 495 g/mol. The molecule has 0 radical (unpaired) electrons. The van der Waals surface area contributed by atoms with Crippen LogP contribution in [0.5, 0.6) is 11.5 Å². The average molecular weight is 496 g/mol. The lowest BCUT2D eigenvalue weighted by Gasteiger charge is -2.39. The number of hydrogen-bond donors (Lipinski definition) is 2. The zero-order valence-corrected chi connectivity index (χ0v) is 21.7. The van der Waals surface area contributed by atoms with E-state index in [2.05, 4.69) is 57.6 Å². The number of methoxy groups -OCH3 is 2. The van der Waals surface area contributed by atoms with Gasteiger partial charge in [0.05, 0.1) is 25.9 Å². The van der Waals surface area contributed by atoms with Gasteiger partial charge in [0.15, 0.2) is 0 Å². The summed E-state index contributed by atoms with van der Waals surface area (Å²) in [7, 11) is 7.31. The van der Waals surface area contributed by atoms with Crippen molar-refractivity contribution in [3.63, 3.8) is 0 Å². The molecule has 2 aliphatic rings. The minimum absolute atomic E-state index is 0.0106. The molecule has 2 heterocycles. The molecule has 0 aromatic heterocycles. The van der Waals surface area contributed by atoms with Gasteiger partial charge in [0.1, 0.15) is 11.5 Å². The highest BCUT2D eigenvalue weighted by Gasteiger charge is 2.27. The third kappa shape index (κ3) is 5.91. The first-order valence-electron chi connectivity index (χ1n) is 12.5. The van der Waals surface area contributed by atoms with Crippen molar-refractivity contribution in [3.05, 3.63) is 47.5 Å². The third-order valence-electron chi connectivity index (χ3n) is 7.14. The number of benzene rings is 2. The average Bonchev–Trinajstić information content (AvgIpc) is 2.90. The second-order valence-corrected chi connectivity index (χ2v) is 9.50. The van der Waals surface area contributed by atoms with Crippen LogP contribution in [0.1, 0.15) is 23.6 Å². The van der Waals surface area contributed by atoms with Crippen LogP contribution in [-0.2, 0) is 16.0 Å². The fourth-order valence-corrected chi connectivity index (χ4v) is 4.95. The molecule has 0 saturated carbocycles. The molecule has 1 saturated heterocycles. The van der Waals surface area contributed by atoms with Crippen molar-refractivity contribution >= 4 is 23.2 Å². The van der Waals surface area contributed by atoms with Crippen LogP contribution in [0.4, 0.5) is 11.4 Å². The summed E-state index contributed by atoms with van der Waals surface area (Å²) in [5.74, 6) is -0.391. The Bertz CT molecular complexity index is 1080. The second kappa shape index (κ2) is 11.6. The van der Waals surface area contributed by atoms with Gasteiger partial charge in [0.25, 0.3) is 0 Å². The number of carbonyl (C=O) groups excluding carboxylic acids is 2. The number of anilines is 2. The molecule has 9 nitrogen and oxygen atoms in total. The van der Waals surface area contributed by atoms with E-state index in [1.54, 1.807) is 25.3 Å². The molecule has 2 aromatic carbocycles. The summed E-state index contributed by atoms with van der Waals surface area (Å²) in [4.78, 5) is 32.5. The van der Waals surface area contributed by atoms with Gasteiger partial charge >= 0.3 is 11.8 Å². The van der Waals surface area contributed by atoms with Crippen LogP contribution in [0.15, 0.2) is 36.4 Å². The minimum atomic E-state index is -0.734. The molecule has 0 bridgehead atoms. The fourth-order valence-electron chi connectivity index (χ4n) is 4.95. The topological polar surface area (TPSA) is 86.4 Å². The Morgan fingerprint density at radius 3 is 2.44 bits per heavy atom. The van der Waals surface area contributed by atoms with Crippen molar-refractivity contribution in [2.75, 3.05) is 77.8 Å². The number of hydrogen-bond acceptors (Lipinski definition) is 7. The molecule has 9 heteroatoms. The van der Waals surface area contributed by atoms with Gasteiger partial charge in [-0.1, -0.05) is 12.1 Å². The zero-order chi connectivity index (χ0) is 25.7. The van der Waals surface area contributed by atoms with Gasteiger partial charge in [-0.3, -0.25) is 14.5 Å². The van der Waals surface area contributed by atoms with E-state index in [0.29, 0.717) is 23.7 Å². The highest BCUT2D eigenvalue weighted by Crippen LogP contribution is 2.31. The molecule has 0 aliphatic carbocycles. The lowest BCUT2D eigenvalue weighted by molar-refractivity contribution is -0.136. The molecular formula is C27H37N5O4. The molecule has 2 aromatic rings. The van der Waals surface area contributed by atoms with E-state index < -0.39 is 11.8 Å². The highest BCUT2D eigenvalue weighted by molar-refractivity contribution is 6.39. The Kier molecular flexibility index (Phi) is 8.32. The number of carbonyl (C=O) groups is 2. The summed E-state index contributed by atoms with van der Waals surface area (Å²) in [5, 5.41) is 5.53. The van der Waals surface area contributed by atoms with Crippen LogP contribution in [0.3, 0.4) is 0 Å². The van der Waals surface area contributed by atoms with Crippen molar-refractivity contribution in [2.24, 2.45) is 0 Å². The largest absolute Gasteiger partial charge is 0.497 e. The minimum Gasteiger partial charge on any atom is -0.497 e. The van der Waals surface area contributed by atoms with E-state index in [-0.39, 0.29) is 6.04 Å². The quantitative estimate of drug-likeness (QED) is 0.569. The fraction of sp³-hybridized carbons (Fsp3) is 0.481. The van der Waals surface area contributed by atoms with E-state index in [1.807, 2.05) is 0 Å². The number of nitrogens with zero attached hydrogens (tertiary/aromatic N) is 3. The van der Waals surface area contributed by atoms with Gasteiger partial charge in [0, 0.05) is 58.1 Å². The standard InChI is InChI=1S/C27H37N5O4/c1-30-12-14-32(15-13-30)24(20-7-10-23-19(16-20)6-5-11-31(23)2)18-28-26(33)27(34)29-22-9-8-21(35-3)17-25(22)36-4/h7-10,16-17,24H,5-6,11-15,18H2,1-4H3,(H,28,33)(H,29,34)/t24-/m0/s1. The van der Waals surface area contributed by atoms with E-state index in [0.717, 1.165) is 45.6 Å².